The first-order valence-electron chi connectivity index (χ1n) is 10.3. The Morgan fingerprint density at radius 3 is 2.47 bits per heavy atom. The molecule has 0 bridgehead atoms. The third-order valence-electron chi connectivity index (χ3n) is 5.10. The van der Waals surface area contributed by atoms with Gasteiger partial charge < -0.3 is 20.1 Å². The molecule has 4 rings (SSSR count). The van der Waals surface area contributed by atoms with Gasteiger partial charge in [0, 0.05) is 22.2 Å². The van der Waals surface area contributed by atoms with Crippen molar-refractivity contribution in [2.24, 2.45) is 0 Å². The Bertz CT molecular complexity index is 1140. The fourth-order valence-electron chi connectivity index (χ4n) is 3.17. The quantitative estimate of drug-likeness (QED) is 0.502. The molecule has 0 radical (unpaired) electrons. The number of hydrogen-bond donors (Lipinski definition) is 2. The van der Waals surface area contributed by atoms with E-state index in [4.69, 9.17) is 21.1 Å². The van der Waals surface area contributed by atoms with E-state index >= 15 is 0 Å². The average molecular weight is 451 g/mol. The zero-order valence-electron chi connectivity index (χ0n) is 17.6. The van der Waals surface area contributed by atoms with E-state index in [2.05, 4.69) is 10.6 Å². The van der Waals surface area contributed by atoms with Crippen molar-refractivity contribution in [1.29, 1.82) is 0 Å². The number of benzene rings is 3. The molecule has 0 aromatic heterocycles. The number of carbonyl (C=O) groups excluding carboxylic acids is 2. The highest BCUT2D eigenvalue weighted by Crippen LogP contribution is 2.30. The van der Waals surface area contributed by atoms with Gasteiger partial charge in [0.25, 0.3) is 11.8 Å². The van der Waals surface area contributed by atoms with Gasteiger partial charge in [-0.2, -0.15) is 0 Å². The van der Waals surface area contributed by atoms with Gasteiger partial charge in [0.15, 0.2) is 11.5 Å². The Hall–Kier alpha value is -3.51. The molecular weight excluding hydrogens is 428 g/mol. The number of halogens is 1. The largest absolute Gasteiger partial charge is 0.493 e. The first-order valence-corrected chi connectivity index (χ1v) is 10.7. The van der Waals surface area contributed by atoms with Crippen LogP contribution in [0.3, 0.4) is 0 Å². The minimum atomic E-state index is -0.354. The minimum absolute atomic E-state index is 0.190. The van der Waals surface area contributed by atoms with Crippen molar-refractivity contribution >= 4 is 29.1 Å². The molecule has 1 aliphatic carbocycles. The Labute approximate surface area is 191 Å². The molecule has 0 unspecified atom stereocenters. The second-order valence-corrected chi connectivity index (χ2v) is 7.90. The lowest BCUT2D eigenvalue weighted by atomic mass is 10.1. The molecule has 6 nitrogen and oxygen atoms in total. The number of hydrogen-bond acceptors (Lipinski definition) is 4. The van der Waals surface area contributed by atoms with Crippen LogP contribution in [-0.2, 0) is 6.61 Å². The predicted octanol–water partition coefficient (Wildman–Crippen LogP) is 5.07. The Kier molecular flexibility index (Phi) is 6.61. The molecule has 2 amide bonds. The van der Waals surface area contributed by atoms with Gasteiger partial charge in [-0.05, 0) is 49.2 Å². The van der Waals surface area contributed by atoms with E-state index in [0.29, 0.717) is 33.3 Å². The van der Waals surface area contributed by atoms with Crippen molar-refractivity contribution < 1.29 is 19.1 Å². The van der Waals surface area contributed by atoms with Gasteiger partial charge in [-0.15, -0.1) is 0 Å². The van der Waals surface area contributed by atoms with Crippen LogP contribution in [0.4, 0.5) is 5.69 Å². The average Bonchev–Trinajstić information content (AvgIpc) is 3.62. The minimum Gasteiger partial charge on any atom is -0.493 e. The molecule has 1 aliphatic rings. The summed E-state index contributed by atoms with van der Waals surface area (Å²) in [4.78, 5) is 25.4. The molecule has 164 valence electrons. The summed E-state index contributed by atoms with van der Waals surface area (Å²) in [5, 5.41) is 6.39. The fraction of sp³-hybridized carbons (Fsp3) is 0.200. The van der Waals surface area contributed by atoms with E-state index in [1.54, 1.807) is 48.5 Å². The van der Waals surface area contributed by atoms with Crippen LogP contribution in [-0.4, -0.2) is 25.0 Å². The van der Waals surface area contributed by atoms with Gasteiger partial charge in [-0.3, -0.25) is 9.59 Å². The molecule has 0 heterocycles. The zero-order chi connectivity index (χ0) is 22.5. The lowest BCUT2D eigenvalue weighted by molar-refractivity contribution is 0.0952. The van der Waals surface area contributed by atoms with Crippen molar-refractivity contribution in [3.05, 3.63) is 88.4 Å². The van der Waals surface area contributed by atoms with Gasteiger partial charge in [0.2, 0.25) is 0 Å². The highest BCUT2D eigenvalue weighted by atomic mass is 35.5. The third kappa shape index (κ3) is 5.21. The normalized spacial score (nSPS) is 12.7. The van der Waals surface area contributed by atoms with E-state index in [9.17, 15) is 9.59 Å². The molecule has 1 saturated carbocycles. The van der Waals surface area contributed by atoms with Gasteiger partial charge >= 0.3 is 0 Å². The number of methoxy groups -OCH3 is 1. The third-order valence-corrected chi connectivity index (χ3v) is 5.47. The number of nitrogens with one attached hydrogen (secondary N) is 2. The van der Waals surface area contributed by atoms with Crippen molar-refractivity contribution in [2.45, 2.75) is 25.5 Å². The summed E-state index contributed by atoms with van der Waals surface area (Å²) < 4.78 is 11.3. The van der Waals surface area contributed by atoms with Crippen LogP contribution in [0, 0.1) is 0 Å². The number of para-hydroxylation sites is 1. The summed E-state index contributed by atoms with van der Waals surface area (Å²) in [6, 6.07) is 19.5. The first-order chi connectivity index (χ1) is 15.5. The maximum Gasteiger partial charge on any atom is 0.255 e. The molecule has 1 fully saturated rings. The van der Waals surface area contributed by atoms with Gasteiger partial charge in [0.05, 0.1) is 18.4 Å². The summed E-state index contributed by atoms with van der Waals surface area (Å²) in [5.41, 5.74) is 2.11. The van der Waals surface area contributed by atoms with Gasteiger partial charge in [0.1, 0.15) is 6.61 Å². The smallest absolute Gasteiger partial charge is 0.255 e. The first kappa shape index (κ1) is 21.7. The van der Waals surface area contributed by atoms with Gasteiger partial charge in [-0.1, -0.05) is 41.9 Å². The summed E-state index contributed by atoms with van der Waals surface area (Å²) in [5.74, 6) is 0.370. The number of anilines is 1. The SMILES string of the molecule is COc1cc(C(=O)Nc2ccccc2C(=O)NC2CC2)ccc1OCc1ccccc1Cl. The summed E-state index contributed by atoms with van der Waals surface area (Å²) in [7, 11) is 1.51. The van der Waals surface area contributed by atoms with Crippen LogP contribution >= 0.6 is 11.6 Å². The van der Waals surface area contributed by atoms with Crippen molar-refractivity contribution in [3.8, 4) is 11.5 Å². The van der Waals surface area contributed by atoms with Crippen LogP contribution < -0.4 is 20.1 Å². The predicted molar refractivity (Wildman–Crippen MR) is 124 cm³/mol. The molecule has 0 atom stereocenters. The lowest BCUT2D eigenvalue weighted by Gasteiger charge is -2.14. The maximum atomic E-state index is 12.9. The summed E-state index contributed by atoms with van der Waals surface area (Å²) >= 11 is 6.18. The van der Waals surface area contributed by atoms with E-state index < -0.39 is 0 Å². The van der Waals surface area contributed by atoms with E-state index in [0.717, 1.165) is 18.4 Å². The lowest BCUT2D eigenvalue weighted by Crippen LogP contribution is -2.27. The second-order valence-electron chi connectivity index (χ2n) is 7.49. The van der Waals surface area contributed by atoms with E-state index in [-0.39, 0.29) is 24.5 Å². The standard InChI is InChI=1S/C25H23ClN2O4/c1-31-23-14-16(10-13-22(23)32-15-17-6-2-4-8-20(17)26)24(29)28-21-9-5-3-7-19(21)25(30)27-18-11-12-18/h2-10,13-14,18H,11-12,15H2,1H3,(H,27,30)(H,28,29). The maximum absolute atomic E-state index is 12.9. The molecule has 3 aromatic carbocycles. The zero-order valence-corrected chi connectivity index (χ0v) is 18.3. The van der Waals surface area contributed by atoms with Crippen LogP contribution in [0.5, 0.6) is 11.5 Å². The van der Waals surface area contributed by atoms with E-state index in [1.807, 2.05) is 18.2 Å². The Morgan fingerprint density at radius 1 is 0.969 bits per heavy atom. The molecule has 32 heavy (non-hydrogen) atoms. The molecule has 7 heteroatoms. The molecule has 0 saturated heterocycles. The summed E-state index contributed by atoms with van der Waals surface area (Å²) in [6.45, 7) is 0.269. The highest BCUT2D eigenvalue weighted by molar-refractivity contribution is 6.31. The van der Waals surface area contributed by atoms with Crippen LogP contribution in [0.25, 0.3) is 0 Å². The van der Waals surface area contributed by atoms with Crippen molar-refractivity contribution in [2.75, 3.05) is 12.4 Å². The van der Waals surface area contributed by atoms with Crippen LogP contribution in [0.1, 0.15) is 39.1 Å². The fourth-order valence-corrected chi connectivity index (χ4v) is 3.36. The molecule has 3 aromatic rings. The van der Waals surface area contributed by atoms with Crippen LogP contribution in [0.15, 0.2) is 66.7 Å². The number of rotatable bonds is 8. The molecular formula is C25H23ClN2O4. The molecule has 0 spiro atoms. The second kappa shape index (κ2) is 9.75. The topological polar surface area (TPSA) is 76.7 Å². The van der Waals surface area contributed by atoms with E-state index in [1.165, 1.54) is 7.11 Å². The summed E-state index contributed by atoms with van der Waals surface area (Å²) in [6.07, 6.45) is 1.98. The van der Waals surface area contributed by atoms with Crippen LogP contribution in [0.2, 0.25) is 5.02 Å². The number of amides is 2. The highest BCUT2D eigenvalue weighted by Gasteiger charge is 2.25. The van der Waals surface area contributed by atoms with Crippen molar-refractivity contribution in [3.63, 3.8) is 0 Å². The number of ether oxygens (including phenoxy) is 2. The van der Waals surface area contributed by atoms with Crippen molar-refractivity contribution in [1.82, 2.24) is 5.32 Å². The Morgan fingerprint density at radius 2 is 1.72 bits per heavy atom. The van der Waals surface area contributed by atoms with Gasteiger partial charge in [-0.25, -0.2) is 0 Å². The molecule has 0 aliphatic heterocycles. The molecule has 2 N–H and O–H groups in total. The Balaban J connectivity index is 1.47. The monoisotopic (exact) mass is 450 g/mol. The number of carbonyl (C=O) groups is 2.